The summed E-state index contributed by atoms with van der Waals surface area (Å²) in [5.74, 6) is -0.113. The van der Waals surface area contributed by atoms with Crippen molar-refractivity contribution in [2.24, 2.45) is 0 Å². The molecule has 1 heterocycles. The Morgan fingerprint density at radius 2 is 1.81 bits per heavy atom. The van der Waals surface area contributed by atoms with Gasteiger partial charge in [-0.25, -0.2) is 0 Å². The Hall–Kier alpha value is -2.92. The van der Waals surface area contributed by atoms with Crippen LogP contribution in [0.4, 0.5) is 0 Å². The van der Waals surface area contributed by atoms with Gasteiger partial charge in [0.05, 0.1) is 18.3 Å². The predicted octanol–water partition coefficient (Wildman–Crippen LogP) is 3.68. The van der Waals surface area contributed by atoms with Crippen LogP contribution in [0.25, 0.3) is 11.1 Å². The molecular formula is C22H25N3O2. The van der Waals surface area contributed by atoms with Gasteiger partial charge in [0.25, 0.3) is 5.91 Å². The molecule has 0 unspecified atom stereocenters. The SMILES string of the molecule is CCn1cc(-c2ccc(C(=O)N(C)C[C@H](O)c3ccccc3)cc2)c(C)n1. The highest BCUT2D eigenvalue weighted by molar-refractivity contribution is 5.94. The van der Waals surface area contributed by atoms with E-state index < -0.39 is 6.10 Å². The summed E-state index contributed by atoms with van der Waals surface area (Å²) in [6, 6.07) is 16.9. The van der Waals surface area contributed by atoms with Crippen molar-refractivity contribution in [3.63, 3.8) is 0 Å². The Balaban J connectivity index is 1.70. The van der Waals surface area contributed by atoms with E-state index in [9.17, 15) is 9.90 Å². The number of aromatic nitrogens is 2. The number of amides is 1. The third kappa shape index (κ3) is 4.26. The Morgan fingerprint density at radius 3 is 2.41 bits per heavy atom. The van der Waals surface area contributed by atoms with E-state index in [-0.39, 0.29) is 12.5 Å². The molecule has 0 aliphatic heterocycles. The van der Waals surface area contributed by atoms with Crippen molar-refractivity contribution in [2.75, 3.05) is 13.6 Å². The van der Waals surface area contributed by atoms with E-state index in [1.807, 2.05) is 72.4 Å². The lowest BCUT2D eigenvalue weighted by atomic mass is 10.0. The van der Waals surface area contributed by atoms with Gasteiger partial charge < -0.3 is 10.0 Å². The number of benzene rings is 2. The highest BCUT2D eigenvalue weighted by atomic mass is 16.3. The maximum atomic E-state index is 12.7. The fourth-order valence-corrected chi connectivity index (χ4v) is 3.10. The van der Waals surface area contributed by atoms with Crippen molar-refractivity contribution in [1.29, 1.82) is 0 Å². The zero-order chi connectivity index (χ0) is 19.4. The number of carbonyl (C=O) groups is 1. The number of hydrogen-bond acceptors (Lipinski definition) is 3. The zero-order valence-corrected chi connectivity index (χ0v) is 16.0. The molecule has 0 radical (unpaired) electrons. The number of aryl methyl sites for hydroxylation is 2. The molecule has 3 rings (SSSR count). The molecule has 2 aromatic carbocycles. The summed E-state index contributed by atoms with van der Waals surface area (Å²) in [6.45, 7) is 5.11. The van der Waals surface area contributed by atoms with Gasteiger partial charge in [0.2, 0.25) is 0 Å². The number of aliphatic hydroxyl groups is 1. The van der Waals surface area contributed by atoms with Crippen LogP contribution < -0.4 is 0 Å². The Labute approximate surface area is 159 Å². The van der Waals surface area contributed by atoms with E-state index in [0.29, 0.717) is 5.56 Å². The molecule has 27 heavy (non-hydrogen) atoms. The molecule has 5 heteroatoms. The Kier molecular flexibility index (Phi) is 5.72. The summed E-state index contributed by atoms with van der Waals surface area (Å²) in [5, 5.41) is 14.8. The second kappa shape index (κ2) is 8.18. The lowest BCUT2D eigenvalue weighted by molar-refractivity contribution is 0.0681. The van der Waals surface area contributed by atoms with Gasteiger partial charge in [0.15, 0.2) is 0 Å². The number of rotatable bonds is 6. The van der Waals surface area contributed by atoms with Gasteiger partial charge in [0, 0.05) is 30.9 Å². The van der Waals surface area contributed by atoms with Crippen LogP contribution in [0.1, 0.15) is 34.6 Å². The van der Waals surface area contributed by atoms with E-state index in [0.717, 1.165) is 28.9 Å². The van der Waals surface area contributed by atoms with Gasteiger partial charge in [-0.15, -0.1) is 0 Å². The Morgan fingerprint density at radius 1 is 1.15 bits per heavy atom. The molecule has 1 aromatic heterocycles. The van der Waals surface area contributed by atoms with E-state index in [1.165, 1.54) is 0 Å². The molecule has 1 atom stereocenters. The normalized spacial score (nSPS) is 12.0. The third-order valence-electron chi connectivity index (χ3n) is 4.69. The van der Waals surface area contributed by atoms with Crippen molar-refractivity contribution >= 4 is 5.91 Å². The first kappa shape index (κ1) is 18.9. The number of hydrogen-bond donors (Lipinski definition) is 1. The number of likely N-dealkylation sites (N-methyl/N-ethyl adjacent to an activating group) is 1. The summed E-state index contributed by atoms with van der Waals surface area (Å²) >= 11 is 0. The highest BCUT2D eigenvalue weighted by Crippen LogP contribution is 2.23. The first-order chi connectivity index (χ1) is 13.0. The molecule has 5 nitrogen and oxygen atoms in total. The number of aliphatic hydroxyl groups excluding tert-OH is 1. The molecule has 0 aliphatic carbocycles. The lowest BCUT2D eigenvalue weighted by Gasteiger charge is -2.21. The average Bonchev–Trinajstić information content (AvgIpc) is 3.09. The van der Waals surface area contributed by atoms with Crippen LogP contribution in [-0.2, 0) is 6.54 Å². The van der Waals surface area contributed by atoms with E-state index in [4.69, 9.17) is 0 Å². The lowest BCUT2D eigenvalue weighted by Crippen LogP contribution is -2.31. The van der Waals surface area contributed by atoms with Crippen LogP contribution in [0.15, 0.2) is 60.8 Å². The third-order valence-corrected chi connectivity index (χ3v) is 4.69. The molecule has 0 fully saturated rings. The smallest absolute Gasteiger partial charge is 0.253 e. The molecule has 0 saturated heterocycles. The summed E-state index contributed by atoms with van der Waals surface area (Å²) in [4.78, 5) is 14.2. The van der Waals surface area contributed by atoms with Gasteiger partial charge in [-0.1, -0.05) is 42.5 Å². The van der Waals surface area contributed by atoms with E-state index in [2.05, 4.69) is 12.0 Å². The van der Waals surface area contributed by atoms with Crippen LogP contribution in [-0.4, -0.2) is 39.3 Å². The van der Waals surface area contributed by atoms with Gasteiger partial charge >= 0.3 is 0 Å². The summed E-state index contributed by atoms with van der Waals surface area (Å²) in [6.07, 6.45) is 1.32. The minimum Gasteiger partial charge on any atom is -0.387 e. The van der Waals surface area contributed by atoms with Crippen LogP contribution in [0.5, 0.6) is 0 Å². The van der Waals surface area contributed by atoms with Crippen molar-refractivity contribution in [3.8, 4) is 11.1 Å². The van der Waals surface area contributed by atoms with Gasteiger partial charge in [-0.05, 0) is 37.1 Å². The molecule has 0 spiro atoms. The predicted molar refractivity (Wildman–Crippen MR) is 106 cm³/mol. The average molecular weight is 363 g/mol. The Bertz CT molecular complexity index is 901. The molecule has 1 N–H and O–H groups in total. The van der Waals surface area contributed by atoms with E-state index >= 15 is 0 Å². The topological polar surface area (TPSA) is 58.4 Å². The fourth-order valence-electron chi connectivity index (χ4n) is 3.10. The summed E-state index contributed by atoms with van der Waals surface area (Å²) < 4.78 is 1.91. The maximum absolute atomic E-state index is 12.7. The molecular weight excluding hydrogens is 338 g/mol. The first-order valence-electron chi connectivity index (χ1n) is 9.12. The number of nitrogens with zero attached hydrogens (tertiary/aromatic N) is 3. The van der Waals surface area contributed by atoms with E-state index in [1.54, 1.807) is 11.9 Å². The van der Waals surface area contributed by atoms with Crippen LogP contribution >= 0.6 is 0 Å². The van der Waals surface area contributed by atoms with Crippen LogP contribution in [0.2, 0.25) is 0 Å². The maximum Gasteiger partial charge on any atom is 0.253 e. The van der Waals surface area contributed by atoms with Gasteiger partial charge in [0.1, 0.15) is 0 Å². The minimum absolute atomic E-state index is 0.113. The molecule has 1 amide bonds. The molecule has 3 aromatic rings. The monoisotopic (exact) mass is 363 g/mol. The van der Waals surface area contributed by atoms with Crippen LogP contribution in [0, 0.1) is 6.92 Å². The largest absolute Gasteiger partial charge is 0.387 e. The van der Waals surface area contributed by atoms with Crippen molar-refractivity contribution in [2.45, 2.75) is 26.5 Å². The quantitative estimate of drug-likeness (QED) is 0.727. The minimum atomic E-state index is -0.707. The second-order valence-corrected chi connectivity index (χ2v) is 6.67. The van der Waals surface area contributed by atoms with Crippen molar-refractivity contribution < 1.29 is 9.90 Å². The molecule has 140 valence electrons. The standard InChI is InChI=1S/C22H25N3O2/c1-4-25-14-20(16(2)23-25)17-10-12-19(13-11-17)22(27)24(3)15-21(26)18-8-6-5-7-9-18/h5-14,21,26H,4,15H2,1-3H3/t21-/m0/s1. The molecule has 0 saturated carbocycles. The fraction of sp³-hybridized carbons (Fsp3) is 0.273. The van der Waals surface area contributed by atoms with Crippen LogP contribution in [0.3, 0.4) is 0 Å². The van der Waals surface area contributed by atoms with Gasteiger partial charge in [-0.3, -0.25) is 9.48 Å². The number of carbonyl (C=O) groups excluding carboxylic acids is 1. The van der Waals surface area contributed by atoms with Crippen molar-refractivity contribution in [1.82, 2.24) is 14.7 Å². The highest BCUT2D eigenvalue weighted by Gasteiger charge is 2.17. The first-order valence-corrected chi connectivity index (χ1v) is 9.12. The summed E-state index contributed by atoms with van der Waals surface area (Å²) in [7, 11) is 1.71. The summed E-state index contributed by atoms with van der Waals surface area (Å²) in [5.41, 5.74) is 4.48. The molecule has 0 aliphatic rings. The second-order valence-electron chi connectivity index (χ2n) is 6.67. The van der Waals surface area contributed by atoms with Gasteiger partial charge in [-0.2, -0.15) is 5.10 Å². The molecule has 0 bridgehead atoms. The van der Waals surface area contributed by atoms with Crippen molar-refractivity contribution in [3.05, 3.63) is 77.6 Å². The zero-order valence-electron chi connectivity index (χ0n) is 16.0.